The lowest BCUT2D eigenvalue weighted by atomic mass is 10.1. The van der Waals surface area contributed by atoms with E-state index in [1.807, 2.05) is 0 Å². The number of carbonyl (C=O) groups excluding carboxylic acids is 1. The lowest BCUT2D eigenvalue weighted by molar-refractivity contribution is 0.0698. The van der Waals surface area contributed by atoms with Crippen molar-refractivity contribution in [2.75, 3.05) is 18.2 Å². The Morgan fingerprint density at radius 2 is 2.15 bits per heavy atom. The molecule has 0 radical (unpaired) electrons. The maximum absolute atomic E-state index is 11.9. The number of ether oxygens (including phenoxy) is 1. The number of hydrogen-bond acceptors (Lipinski definition) is 7. The Kier molecular flexibility index (Phi) is 3.51. The van der Waals surface area contributed by atoms with Gasteiger partial charge in [-0.05, 0) is 22.4 Å². The van der Waals surface area contributed by atoms with Crippen LogP contribution < -0.4 is 15.8 Å². The molecule has 2 aromatic rings. The third-order valence-corrected chi connectivity index (χ3v) is 2.43. The molecule has 0 saturated heterocycles. The van der Waals surface area contributed by atoms with Gasteiger partial charge in [-0.1, -0.05) is 0 Å². The van der Waals surface area contributed by atoms with E-state index in [0.29, 0.717) is 5.75 Å². The highest BCUT2D eigenvalue weighted by molar-refractivity contribution is 6.08. The quantitative estimate of drug-likeness (QED) is 0.738. The van der Waals surface area contributed by atoms with Crippen LogP contribution >= 0.6 is 0 Å². The molecule has 2 rings (SSSR count). The molecule has 0 aliphatic carbocycles. The molecular formula is C11H10N4O5. The number of carboxylic acid groups (broad SMARTS) is 1. The fourth-order valence-electron chi connectivity index (χ4n) is 1.47. The number of aromatic nitrogens is 2. The van der Waals surface area contributed by atoms with Gasteiger partial charge in [0.1, 0.15) is 5.75 Å². The number of amides is 1. The van der Waals surface area contributed by atoms with E-state index in [9.17, 15) is 9.59 Å². The largest absolute Gasteiger partial charge is 0.497 e. The summed E-state index contributed by atoms with van der Waals surface area (Å²) in [5.74, 6) is -1.74. The Balaban J connectivity index is 2.34. The fraction of sp³-hybridized carbons (Fsp3) is 0.0909. The highest BCUT2D eigenvalue weighted by Gasteiger charge is 2.19. The van der Waals surface area contributed by atoms with E-state index in [4.69, 9.17) is 15.6 Å². The number of carbonyl (C=O) groups is 2. The number of anilines is 2. The highest BCUT2D eigenvalue weighted by atomic mass is 16.6. The number of nitrogens with zero attached hydrogens (tertiary/aromatic N) is 2. The number of aromatic carboxylic acids is 1. The van der Waals surface area contributed by atoms with Crippen molar-refractivity contribution < 1.29 is 24.1 Å². The first-order chi connectivity index (χ1) is 9.52. The zero-order valence-corrected chi connectivity index (χ0v) is 10.3. The van der Waals surface area contributed by atoms with Crippen molar-refractivity contribution in [2.24, 2.45) is 0 Å². The van der Waals surface area contributed by atoms with Gasteiger partial charge in [0.05, 0.1) is 18.4 Å². The molecule has 1 heterocycles. The second-order valence-electron chi connectivity index (χ2n) is 3.67. The van der Waals surface area contributed by atoms with Crippen LogP contribution in [0.25, 0.3) is 0 Å². The van der Waals surface area contributed by atoms with E-state index < -0.39 is 11.9 Å². The monoisotopic (exact) mass is 278 g/mol. The van der Waals surface area contributed by atoms with E-state index >= 15 is 0 Å². The van der Waals surface area contributed by atoms with Gasteiger partial charge in [0.2, 0.25) is 11.5 Å². The summed E-state index contributed by atoms with van der Waals surface area (Å²) in [4.78, 5) is 23.0. The Morgan fingerprint density at radius 3 is 2.70 bits per heavy atom. The highest BCUT2D eigenvalue weighted by Crippen LogP contribution is 2.23. The average Bonchev–Trinajstić information content (AvgIpc) is 2.84. The van der Waals surface area contributed by atoms with Crippen LogP contribution in [-0.2, 0) is 0 Å². The van der Waals surface area contributed by atoms with E-state index in [2.05, 4.69) is 20.3 Å². The molecular weight excluding hydrogens is 268 g/mol. The Bertz CT molecular complexity index is 667. The number of nitrogens with two attached hydrogens (primary N) is 1. The maximum Gasteiger partial charge on any atom is 0.337 e. The van der Waals surface area contributed by atoms with Crippen molar-refractivity contribution in [2.45, 2.75) is 0 Å². The summed E-state index contributed by atoms with van der Waals surface area (Å²) in [5, 5.41) is 18.0. The van der Waals surface area contributed by atoms with Gasteiger partial charge in [-0.2, -0.15) is 0 Å². The molecule has 104 valence electrons. The number of benzene rings is 1. The Morgan fingerprint density at radius 1 is 1.40 bits per heavy atom. The van der Waals surface area contributed by atoms with Gasteiger partial charge in [-0.15, -0.1) is 0 Å². The minimum atomic E-state index is -1.20. The molecule has 1 aromatic heterocycles. The zero-order chi connectivity index (χ0) is 14.7. The predicted molar refractivity (Wildman–Crippen MR) is 66.6 cm³/mol. The van der Waals surface area contributed by atoms with Crippen LogP contribution in [0, 0.1) is 0 Å². The molecule has 1 amide bonds. The van der Waals surface area contributed by atoms with E-state index in [1.54, 1.807) is 0 Å². The smallest absolute Gasteiger partial charge is 0.337 e. The summed E-state index contributed by atoms with van der Waals surface area (Å²) in [7, 11) is 1.42. The first-order valence-electron chi connectivity index (χ1n) is 5.33. The van der Waals surface area contributed by atoms with E-state index in [-0.39, 0.29) is 22.8 Å². The van der Waals surface area contributed by atoms with Gasteiger partial charge in [0.15, 0.2) is 0 Å². The minimum Gasteiger partial charge on any atom is -0.497 e. The van der Waals surface area contributed by atoms with Crippen molar-refractivity contribution in [3.8, 4) is 5.75 Å². The first kappa shape index (κ1) is 13.3. The predicted octanol–water partition coefficient (Wildman–Crippen LogP) is 0.611. The topological polar surface area (TPSA) is 141 Å². The lowest BCUT2D eigenvalue weighted by Gasteiger charge is -2.09. The molecule has 0 fully saturated rings. The molecule has 0 atom stereocenters. The second kappa shape index (κ2) is 5.26. The summed E-state index contributed by atoms with van der Waals surface area (Å²) in [6.45, 7) is 0. The molecule has 4 N–H and O–H groups in total. The Hall–Kier alpha value is -3.10. The van der Waals surface area contributed by atoms with Crippen molar-refractivity contribution in [1.29, 1.82) is 0 Å². The summed E-state index contributed by atoms with van der Waals surface area (Å²) >= 11 is 0. The van der Waals surface area contributed by atoms with Gasteiger partial charge < -0.3 is 20.9 Å². The standard InChI is InChI=1S/C11H10N4O5/c1-19-5-2-3-6(11(17)18)7(4-5)13-10(16)8-9(12)15-20-14-8/h2-4H,1H3,(H2,12,15)(H,13,16)(H,17,18). The summed E-state index contributed by atoms with van der Waals surface area (Å²) < 4.78 is 9.27. The summed E-state index contributed by atoms with van der Waals surface area (Å²) in [5.41, 5.74) is 5.09. The number of nitrogens with one attached hydrogen (secondary N) is 1. The Labute approximate surface area is 112 Å². The number of methoxy groups -OCH3 is 1. The van der Waals surface area contributed by atoms with Crippen LogP contribution in [0.5, 0.6) is 5.75 Å². The molecule has 0 aliphatic rings. The van der Waals surface area contributed by atoms with E-state index in [1.165, 1.54) is 25.3 Å². The molecule has 20 heavy (non-hydrogen) atoms. The maximum atomic E-state index is 11.9. The van der Waals surface area contributed by atoms with Crippen molar-refractivity contribution in [3.05, 3.63) is 29.5 Å². The third kappa shape index (κ3) is 2.51. The first-order valence-corrected chi connectivity index (χ1v) is 5.33. The van der Waals surface area contributed by atoms with Gasteiger partial charge in [0, 0.05) is 6.07 Å². The number of carboxylic acids is 1. The number of hydrogen-bond donors (Lipinski definition) is 3. The molecule has 0 bridgehead atoms. The van der Waals surface area contributed by atoms with Gasteiger partial charge in [-0.3, -0.25) is 4.79 Å². The van der Waals surface area contributed by atoms with Crippen LogP contribution in [0.15, 0.2) is 22.8 Å². The van der Waals surface area contributed by atoms with Crippen molar-refractivity contribution in [3.63, 3.8) is 0 Å². The summed E-state index contributed by atoms with van der Waals surface area (Å²) in [6, 6.07) is 4.14. The number of rotatable bonds is 4. The second-order valence-corrected chi connectivity index (χ2v) is 3.67. The van der Waals surface area contributed by atoms with E-state index in [0.717, 1.165) is 0 Å². The minimum absolute atomic E-state index is 0.0456. The molecule has 1 aromatic carbocycles. The molecule has 9 nitrogen and oxygen atoms in total. The van der Waals surface area contributed by atoms with Gasteiger partial charge in [0.25, 0.3) is 5.91 Å². The molecule has 9 heteroatoms. The number of nitrogen functional groups attached to an aromatic ring is 1. The summed E-state index contributed by atoms with van der Waals surface area (Å²) in [6.07, 6.45) is 0. The lowest BCUT2D eigenvalue weighted by Crippen LogP contribution is -2.16. The molecule has 0 aliphatic heterocycles. The van der Waals surface area contributed by atoms with Crippen molar-refractivity contribution >= 4 is 23.4 Å². The van der Waals surface area contributed by atoms with Crippen LogP contribution in [-0.4, -0.2) is 34.4 Å². The van der Waals surface area contributed by atoms with Crippen LogP contribution in [0.4, 0.5) is 11.5 Å². The van der Waals surface area contributed by atoms with Crippen molar-refractivity contribution in [1.82, 2.24) is 10.3 Å². The fourth-order valence-corrected chi connectivity index (χ4v) is 1.47. The SMILES string of the molecule is COc1ccc(C(=O)O)c(NC(=O)c2nonc2N)c1. The molecule has 0 spiro atoms. The molecule has 0 unspecified atom stereocenters. The van der Waals surface area contributed by atoms with Crippen LogP contribution in [0.3, 0.4) is 0 Å². The normalized spacial score (nSPS) is 10.1. The average molecular weight is 278 g/mol. The third-order valence-electron chi connectivity index (χ3n) is 2.43. The zero-order valence-electron chi connectivity index (χ0n) is 10.3. The van der Waals surface area contributed by atoms with Gasteiger partial charge in [-0.25, -0.2) is 9.42 Å². The van der Waals surface area contributed by atoms with Gasteiger partial charge >= 0.3 is 5.97 Å². The van der Waals surface area contributed by atoms with Crippen LogP contribution in [0.1, 0.15) is 20.8 Å². The van der Waals surface area contributed by atoms with Crippen LogP contribution in [0.2, 0.25) is 0 Å². The molecule has 0 saturated carbocycles.